The van der Waals surface area contributed by atoms with Gasteiger partial charge in [0.2, 0.25) is 0 Å². The highest BCUT2D eigenvalue weighted by atomic mass is 35.5. The Morgan fingerprint density at radius 1 is 0.976 bits per heavy atom. The molecule has 0 spiro atoms. The average molecular weight is 584 g/mol. The number of carbonyl (C=O) groups excluding carboxylic acids is 2. The molecule has 0 amide bonds. The minimum Gasteiger partial charge on any atom is -0.497 e. The number of aromatic nitrogens is 1. The van der Waals surface area contributed by atoms with E-state index in [-0.39, 0.29) is 31.0 Å². The number of fused-ring (bicyclic) bond motifs is 1. The van der Waals surface area contributed by atoms with Crippen molar-refractivity contribution in [3.05, 3.63) is 64.3 Å². The van der Waals surface area contributed by atoms with Gasteiger partial charge in [0.05, 0.1) is 19.0 Å². The van der Waals surface area contributed by atoms with E-state index >= 15 is 0 Å². The number of carbonyl (C=O) groups is 2. The van der Waals surface area contributed by atoms with Crippen LogP contribution < -0.4 is 4.74 Å². The third-order valence-electron chi connectivity index (χ3n) is 7.85. The summed E-state index contributed by atoms with van der Waals surface area (Å²) in [5, 5.41) is 10.3. The molecule has 2 heterocycles. The Bertz CT molecular complexity index is 1320. The summed E-state index contributed by atoms with van der Waals surface area (Å²) in [4.78, 5) is 31.5. The van der Waals surface area contributed by atoms with Crippen molar-refractivity contribution in [2.24, 2.45) is 0 Å². The molecule has 1 aliphatic heterocycles. The number of nitrogens with zero attached hydrogens (tertiary/aromatic N) is 3. The van der Waals surface area contributed by atoms with Crippen molar-refractivity contribution in [1.29, 1.82) is 0 Å². The van der Waals surface area contributed by atoms with Crippen LogP contribution >= 0.6 is 11.6 Å². The topological polar surface area (TPSA) is 84.2 Å². The number of hydrogen-bond acceptors (Lipinski definition) is 7. The minimum absolute atomic E-state index is 0.0603. The van der Waals surface area contributed by atoms with Crippen molar-refractivity contribution in [1.82, 2.24) is 14.4 Å². The molecule has 4 rings (SSSR count). The Morgan fingerprint density at radius 3 is 2.34 bits per heavy atom. The molecule has 1 saturated heterocycles. The van der Waals surface area contributed by atoms with E-state index in [1.165, 1.54) is 6.42 Å². The van der Waals surface area contributed by atoms with Crippen LogP contribution in [0.3, 0.4) is 0 Å². The largest absolute Gasteiger partial charge is 0.497 e. The lowest BCUT2D eigenvalue weighted by Gasteiger charge is -2.35. The van der Waals surface area contributed by atoms with E-state index in [2.05, 4.69) is 9.80 Å². The Hall–Kier alpha value is -2.91. The van der Waals surface area contributed by atoms with Crippen molar-refractivity contribution in [3.63, 3.8) is 0 Å². The zero-order valence-electron chi connectivity index (χ0n) is 24.4. The SMILES string of the molecule is COc1ccc2c(c1)c(CC(=O)OC(C)CN1CCN(CCCCCCO)CC1)c(C)n2C(=O)c1ccc(Cl)cc1. The van der Waals surface area contributed by atoms with Gasteiger partial charge in [0.15, 0.2) is 0 Å². The molecule has 0 bridgehead atoms. The smallest absolute Gasteiger partial charge is 0.310 e. The van der Waals surface area contributed by atoms with E-state index in [9.17, 15) is 9.59 Å². The van der Waals surface area contributed by atoms with Gasteiger partial charge in [-0.15, -0.1) is 0 Å². The molecule has 1 atom stereocenters. The van der Waals surface area contributed by atoms with Crippen molar-refractivity contribution >= 4 is 34.4 Å². The lowest BCUT2D eigenvalue weighted by Crippen LogP contribution is -2.48. The predicted molar refractivity (Wildman–Crippen MR) is 162 cm³/mol. The summed E-state index contributed by atoms with van der Waals surface area (Å²) in [7, 11) is 1.60. The quantitative estimate of drug-likeness (QED) is 0.225. The molecule has 41 heavy (non-hydrogen) atoms. The van der Waals surface area contributed by atoms with Gasteiger partial charge in [-0.25, -0.2) is 0 Å². The average Bonchev–Trinajstić information content (AvgIpc) is 3.23. The summed E-state index contributed by atoms with van der Waals surface area (Å²) in [6.07, 6.45) is 4.12. The molecule has 1 unspecified atom stereocenters. The Kier molecular flexibility index (Phi) is 11.2. The number of rotatable bonds is 13. The fourth-order valence-electron chi connectivity index (χ4n) is 5.60. The fourth-order valence-corrected chi connectivity index (χ4v) is 5.73. The first-order valence-corrected chi connectivity index (χ1v) is 14.9. The molecule has 3 aromatic rings. The number of halogens is 1. The zero-order chi connectivity index (χ0) is 29.4. The number of unbranched alkanes of at least 4 members (excludes halogenated alkanes) is 3. The fraction of sp³-hybridized carbons (Fsp3) is 0.500. The second-order valence-corrected chi connectivity index (χ2v) is 11.3. The van der Waals surface area contributed by atoms with Gasteiger partial charge < -0.3 is 19.5 Å². The molecule has 1 N–H and O–H groups in total. The molecule has 0 saturated carbocycles. The van der Waals surface area contributed by atoms with Gasteiger partial charge in [-0.05, 0) is 81.3 Å². The van der Waals surface area contributed by atoms with Gasteiger partial charge in [0.1, 0.15) is 11.9 Å². The van der Waals surface area contributed by atoms with E-state index in [4.69, 9.17) is 26.2 Å². The van der Waals surface area contributed by atoms with E-state index in [1.807, 2.05) is 32.0 Å². The standard InChI is InChI=1S/C32H42ClN3O5/c1-23(22-35-17-15-34(16-18-35)14-6-4-5-7-19-37)41-31(38)21-28-24(2)36(30-13-12-27(40-3)20-29(28)30)32(39)25-8-10-26(33)11-9-25/h8-13,20,23,37H,4-7,14-19,21-22H2,1-3H3. The molecule has 0 radical (unpaired) electrons. The lowest BCUT2D eigenvalue weighted by atomic mass is 10.1. The Morgan fingerprint density at radius 2 is 1.66 bits per heavy atom. The summed E-state index contributed by atoms with van der Waals surface area (Å²) >= 11 is 6.03. The summed E-state index contributed by atoms with van der Waals surface area (Å²) in [5.74, 6) is 0.149. The molecule has 1 fully saturated rings. The summed E-state index contributed by atoms with van der Waals surface area (Å²) in [6, 6.07) is 12.3. The van der Waals surface area contributed by atoms with Gasteiger partial charge in [-0.2, -0.15) is 0 Å². The number of aliphatic hydroxyl groups is 1. The molecule has 0 aliphatic carbocycles. The molecule has 1 aromatic heterocycles. The van der Waals surface area contributed by atoms with Gasteiger partial charge in [-0.3, -0.25) is 19.1 Å². The van der Waals surface area contributed by atoms with Crippen LogP contribution in [-0.2, 0) is 16.0 Å². The number of aliphatic hydroxyl groups excluding tert-OH is 1. The summed E-state index contributed by atoms with van der Waals surface area (Å²) in [6.45, 7) is 9.82. The third kappa shape index (κ3) is 8.10. The molecule has 1 aliphatic rings. The summed E-state index contributed by atoms with van der Waals surface area (Å²) in [5.41, 5.74) is 2.68. The maximum atomic E-state index is 13.5. The van der Waals surface area contributed by atoms with Gasteiger partial charge in [0, 0.05) is 61.0 Å². The molecular formula is C32H42ClN3O5. The van der Waals surface area contributed by atoms with Crippen LogP contribution in [0.2, 0.25) is 5.02 Å². The summed E-state index contributed by atoms with van der Waals surface area (Å²) < 4.78 is 12.9. The number of benzene rings is 2. The van der Waals surface area contributed by atoms with Crippen LogP contribution in [0.15, 0.2) is 42.5 Å². The number of ether oxygens (including phenoxy) is 2. The van der Waals surface area contributed by atoms with E-state index in [0.717, 1.165) is 62.9 Å². The van der Waals surface area contributed by atoms with Crippen LogP contribution in [0, 0.1) is 6.92 Å². The number of piperazine rings is 1. The number of esters is 1. The highest BCUT2D eigenvalue weighted by Gasteiger charge is 2.24. The maximum Gasteiger partial charge on any atom is 0.310 e. The van der Waals surface area contributed by atoms with Crippen molar-refractivity contribution in [2.45, 2.75) is 52.1 Å². The minimum atomic E-state index is -0.317. The van der Waals surface area contributed by atoms with Gasteiger partial charge in [-0.1, -0.05) is 24.4 Å². The first-order valence-electron chi connectivity index (χ1n) is 14.5. The first-order chi connectivity index (χ1) is 19.8. The van der Waals surface area contributed by atoms with Crippen LogP contribution in [0.4, 0.5) is 0 Å². The highest BCUT2D eigenvalue weighted by molar-refractivity contribution is 6.30. The molecule has 2 aromatic carbocycles. The lowest BCUT2D eigenvalue weighted by molar-refractivity contribution is -0.148. The monoisotopic (exact) mass is 583 g/mol. The molecule has 9 heteroatoms. The van der Waals surface area contributed by atoms with Crippen LogP contribution in [0.25, 0.3) is 10.9 Å². The molecular weight excluding hydrogens is 542 g/mol. The second-order valence-electron chi connectivity index (χ2n) is 10.9. The Labute approximate surface area is 247 Å². The highest BCUT2D eigenvalue weighted by Crippen LogP contribution is 2.31. The first kappa shape index (κ1) is 31.0. The van der Waals surface area contributed by atoms with Gasteiger partial charge >= 0.3 is 5.97 Å². The van der Waals surface area contributed by atoms with Crippen LogP contribution in [0.5, 0.6) is 5.75 Å². The predicted octanol–water partition coefficient (Wildman–Crippen LogP) is 4.94. The van der Waals surface area contributed by atoms with Crippen LogP contribution in [-0.4, -0.2) is 90.4 Å². The molecule has 222 valence electrons. The van der Waals surface area contributed by atoms with E-state index in [0.29, 0.717) is 34.1 Å². The number of hydrogen-bond donors (Lipinski definition) is 1. The van der Waals surface area contributed by atoms with E-state index < -0.39 is 0 Å². The third-order valence-corrected chi connectivity index (χ3v) is 8.10. The Balaban J connectivity index is 1.38. The van der Waals surface area contributed by atoms with Crippen molar-refractivity contribution in [3.8, 4) is 5.75 Å². The zero-order valence-corrected chi connectivity index (χ0v) is 25.2. The maximum absolute atomic E-state index is 13.5. The normalized spacial score (nSPS) is 15.2. The van der Waals surface area contributed by atoms with Crippen molar-refractivity contribution < 1.29 is 24.2 Å². The van der Waals surface area contributed by atoms with Crippen LogP contribution in [0.1, 0.15) is 54.2 Å². The van der Waals surface area contributed by atoms with E-state index in [1.54, 1.807) is 35.9 Å². The molecule has 8 nitrogen and oxygen atoms in total. The number of methoxy groups -OCH3 is 1. The van der Waals surface area contributed by atoms with Crippen molar-refractivity contribution in [2.75, 3.05) is 53.0 Å². The van der Waals surface area contributed by atoms with Gasteiger partial charge in [0.25, 0.3) is 5.91 Å². The second kappa shape index (κ2) is 14.8.